The summed E-state index contributed by atoms with van der Waals surface area (Å²) in [5.74, 6) is 0.515. The number of ether oxygens (including phenoxy) is 1. The summed E-state index contributed by atoms with van der Waals surface area (Å²) in [5.41, 5.74) is 4.30. The monoisotopic (exact) mass is 381 g/mol. The van der Waals surface area contributed by atoms with Gasteiger partial charge in [-0.1, -0.05) is 24.3 Å². The van der Waals surface area contributed by atoms with Gasteiger partial charge in [0, 0.05) is 16.1 Å². The second-order valence-electron chi connectivity index (χ2n) is 5.85. The Morgan fingerprint density at radius 1 is 1.08 bits per heavy atom. The van der Waals surface area contributed by atoms with E-state index in [0.29, 0.717) is 11.3 Å². The van der Waals surface area contributed by atoms with Crippen LogP contribution in [0.3, 0.4) is 0 Å². The van der Waals surface area contributed by atoms with Gasteiger partial charge in [0.2, 0.25) is 0 Å². The largest absolute Gasteiger partial charge is 0.504 e. The van der Waals surface area contributed by atoms with E-state index in [1.807, 2.05) is 12.1 Å². The number of phenols is 1. The molecule has 3 aromatic rings. The van der Waals surface area contributed by atoms with Gasteiger partial charge in [0.1, 0.15) is 0 Å². The van der Waals surface area contributed by atoms with E-state index >= 15 is 0 Å². The molecule has 4 rings (SSSR count). The van der Waals surface area contributed by atoms with Gasteiger partial charge in [-0.3, -0.25) is 4.99 Å². The van der Waals surface area contributed by atoms with Crippen LogP contribution in [0.25, 0.3) is 10.8 Å². The van der Waals surface area contributed by atoms with Crippen LogP contribution in [0.4, 0.5) is 5.69 Å². The summed E-state index contributed by atoms with van der Waals surface area (Å²) < 4.78 is 5.94. The summed E-state index contributed by atoms with van der Waals surface area (Å²) in [4.78, 5) is 4.64. The molecule has 0 spiro atoms. The molecular formula is C20H16BrNO2. The molecule has 3 nitrogen and oxygen atoms in total. The average molecular weight is 382 g/mol. The zero-order valence-electron chi connectivity index (χ0n) is 13.2. The standard InChI is InChI=1S/C20H16BrNO2/c1-24-18-10-8-16(21)15(20(18)23)11-22-17-9-7-13-6-5-12-3-2-4-14(17)19(12)13/h2-4,7-11,23H,5-6H2,1H3. The molecule has 1 aliphatic rings. The van der Waals surface area contributed by atoms with Crippen LogP contribution < -0.4 is 4.74 Å². The molecule has 24 heavy (non-hydrogen) atoms. The molecule has 4 heteroatoms. The van der Waals surface area contributed by atoms with Crippen LogP contribution in [-0.4, -0.2) is 18.4 Å². The van der Waals surface area contributed by atoms with E-state index < -0.39 is 0 Å². The van der Waals surface area contributed by atoms with E-state index in [2.05, 4.69) is 45.2 Å². The normalized spacial score (nSPS) is 13.1. The first kappa shape index (κ1) is 15.2. The fourth-order valence-corrected chi connectivity index (χ4v) is 3.75. The Balaban J connectivity index is 1.83. The lowest BCUT2D eigenvalue weighted by atomic mass is 10.0. The van der Waals surface area contributed by atoms with Crippen molar-refractivity contribution < 1.29 is 9.84 Å². The van der Waals surface area contributed by atoms with Gasteiger partial charge in [0.25, 0.3) is 0 Å². The number of aromatic hydroxyl groups is 1. The van der Waals surface area contributed by atoms with Gasteiger partial charge in [-0.15, -0.1) is 0 Å². The van der Waals surface area contributed by atoms with Gasteiger partial charge in [-0.25, -0.2) is 0 Å². The Bertz CT molecular complexity index is 969. The second kappa shape index (κ2) is 5.95. The maximum Gasteiger partial charge on any atom is 0.167 e. The molecule has 0 aromatic heterocycles. The number of methoxy groups -OCH3 is 1. The molecule has 0 radical (unpaired) electrons. The lowest BCUT2D eigenvalue weighted by Gasteiger charge is -2.08. The highest BCUT2D eigenvalue weighted by molar-refractivity contribution is 9.10. The van der Waals surface area contributed by atoms with Crippen LogP contribution in [0, 0.1) is 0 Å². The Morgan fingerprint density at radius 2 is 1.88 bits per heavy atom. The quantitative estimate of drug-likeness (QED) is 0.636. The Labute approximate surface area is 148 Å². The molecular weight excluding hydrogens is 366 g/mol. The van der Waals surface area contributed by atoms with Crippen LogP contribution in [0.15, 0.2) is 51.9 Å². The summed E-state index contributed by atoms with van der Waals surface area (Å²) in [6, 6.07) is 14.2. The minimum atomic E-state index is 0.0848. The van der Waals surface area contributed by atoms with Gasteiger partial charge in [-0.05, 0) is 63.5 Å². The lowest BCUT2D eigenvalue weighted by molar-refractivity contribution is 0.373. The molecule has 0 saturated carbocycles. The summed E-state index contributed by atoms with van der Waals surface area (Å²) in [7, 11) is 1.53. The van der Waals surface area contributed by atoms with Crippen LogP contribution in [0.5, 0.6) is 11.5 Å². The molecule has 120 valence electrons. The number of nitrogens with zero attached hydrogens (tertiary/aromatic N) is 1. The number of hydrogen-bond donors (Lipinski definition) is 1. The number of aliphatic imine (C=N–C) groups is 1. The third-order valence-corrected chi connectivity index (χ3v) is 5.22. The molecule has 0 atom stereocenters. The molecule has 3 aromatic carbocycles. The van der Waals surface area contributed by atoms with Crippen molar-refractivity contribution in [1.29, 1.82) is 0 Å². The van der Waals surface area contributed by atoms with Crippen LogP contribution in [0.1, 0.15) is 16.7 Å². The van der Waals surface area contributed by atoms with Crippen LogP contribution >= 0.6 is 15.9 Å². The maximum absolute atomic E-state index is 10.3. The predicted molar refractivity (Wildman–Crippen MR) is 101 cm³/mol. The van der Waals surface area contributed by atoms with Crippen molar-refractivity contribution in [2.24, 2.45) is 4.99 Å². The summed E-state index contributed by atoms with van der Waals surface area (Å²) >= 11 is 3.46. The highest BCUT2D eigenvalue weighted by Crippen LogP contribution is 2.37. The predicted octanol–water partition coefficient (Wildman–Crippen LogP) is 5.17. The van der Waals surface area contributed by atoms with E-state index in [1.165, 1.54) is 23.6 Å². The molecule has 0 aliphatic heterocycles. The van der Waals surface area contributed by atoms with Crippen molar-refractivity contribution in [3.8, 4) is 11.5 Å². The van der Waals surface area contributed by atoms with E-state index in [1.54, 1.807) is 12.3 Å². The first-order valence-corrected chi connectivity index (χ1v) is 8.61. The maximum atomic E-state index is 10.3. The van der Waals surface area contributed by atoms with Crippen LogP contribution in [-0.2, 0) is 12.8 Å². The fraction of sp³-hybridized carbons (Fsp3) is 0.150. The first-order chi connectivity index (χ1) is 11.7. The van der Waals surface area contributed by atoms with Gasteiger partial charge < -0.3 is 9.84 Å². The van der Waals surface area contributed by atoms with Gasteiger partial charge >= 0.3 is 0 Å². The summed E-state index contributed by atoms with van der Waals surface area (Å²) in [6.07, 6.45) is 3.88. The zero-order chi connectivity index (χ0) is 16.7. The second-order valence-corrected chi connectivity index (χ2v) is 6.71. The molecule has 1 aliphatic carbocycles. The van der Waals surface area contributed by atoms with E-state index in [9.17, 15) is 5.11 Å². The van der Waals surface area contributed by atoms with E-state index in [0.717, 1.165) is 28.4 Å². The highest BCUT2D eigenvalue weighted by atomic mass is 79.9. The topological polar surface area (TPSA) is 41.8 Å². The van der Waals surface area contributed by atoms with Crippen molar-refractivity contribution in [3.05, 3.63) is 63.6 Å². The molecule has 0 amide bonds. The molecule has 1 N–H and O–H groups in total. The van der Waals surface area contributed by atoms with Crippen molar-refractivity contribution in [2.75, 3.05) is 7.11 Å². The molecule has 0 bridgehead atoms. The highest BCUT2D eigenvalue weighted by Gasteiger charge is 2.15. The lowest BCUT2D eigenvalue weighted by Crippen LogP contribution is -1.90. The average Bonchev–Trinajstić information content (AvgIpc) is 3.02. The van der Waals surface area contributed by atoms with Gasteiger partial charge in [0.05, 0.1) is 18.4 Å². The number of benzene rings is 3. The summed E-state index contributed by atoms with van der Waals surface area (Å²) in [5, 5.41) is 12.8. The minimum absolute atomic E-state index is 0.0848. The SMILES string of the molecule is COc1ccc(Br)c(C=Nc2ccc3c4c(cccc24)CC3)c1O. The molecule has 0 saturated heterocycles. The van der Waals surface area contributed by atoms with E-state index in [-0.39, 0.29) is 5.75 Å². The van der Waals surface area contributed by atoms with Crippen molar-refractivity contribution in [1.82, 2.24) is 0 Å². The zero-order valence-corrected chi connectivity index (χ0v) is 14.8. The van der Waals surface area contributed by atoms with Crippen LogP contribution in [0.2, 0.25) is 0 Å². The van der Waals surface area contributed by atoms with E-state index in [4.69, 9.17) is 4.74 Å². The van der Waals surface area contributed by atoms with Gasteiger partial charge in [0.15, 0.2) is 11.5 Å². The molecule has 0 fully saturated rings. The number of halogens is 1. The number of rotatable bonds is 3. The Hall–Kier alpha value is -2.33. The van der Waals surface area contributed by atoms with Gasteiger partial charge in [-0.2, -0.15) is 0 Å². The Morgan fingerprint density at radius 3 is 2.67 bits per heavy atom. The smallest absolute Gasteiger partial charge is 0.167 e. The number of aryl methyl sites for hydroxylation is 2. The third kappa shape index (κ3) is 2.38. The molecule has 0 unspecified atom stereocenters. The van der Waals surface area contributed by atoms with Crippen molar-refractivity contribution in [3.63, 3.8) is 0 Å². The fourth-order valence-electron chi connectivity index (χ4n) is 3.33. The van der Waals surface area contributed by atoms with Crippen molar-refractivity contribution in [2.45, 2.75) is 12.8 Å². The number of phenolic OH excluding ortho intramolecular Hbond substituents is 1. The summed E-state index contributed by atoms with van der Waals surface area (Å²) in [6.45, 7) is 0. The third-order valence-electron chi connectivity index (χ3n) is 4.53. The molecule has 0 heterocycles. The Kier molecular flexibility index (Phi) is 3.77. The minimum Gasteiger partial charge on any atom is -0.504 e. The van der Waals surface area contributed by atoms with Crippen molar-refractivity contribution >= 4 is 38.6 Å². The number of hydrogen-bond acceptors (Lipinski definition) is 3. The first-order valence-electron chi connectivity index (χ1n) is 7.82.